The van der Waals surface area contributed by atoms with Crippen LogP contribution in [0.25, 0.3) is 0 Å². The van der Waals surface area contributed by atoms with E-state index in [1.807, 2.05) is 0 Å². The predicted molar refractivity (Wildman–Crippen MR) is 349 cm³/mol. The van der Waals surface area contributed by atoms with Gasteiger partial charge in [0.05, 0.1) is 0 Å². The molecule has 0 aromatic heterocycles. The zero-order chi connectivity index (χ0) is 57.8. The molecule has 0 saturated carbocycles. The largest absolute Gasteiger partial charge is 0.462 e. The average molecular weight is 1130 g/mol. The van der Waals surface area contributed by atoms with E-state index in [4.69, 9.17) is 14.2 Å². The van der Waals surface area contributed by atoms with Crippen LogP contribution in [0.2, 0.25) is 0 Å². The molecule has 0 aliphatic rings. The third-order valence-corrected chi connectivity index (χ3v) is 17.0. The Hall–Kier alpha value is -1.85. The average Bonchev–Trinajstić information content (AvgIpc) is 3.46. The fourth-order valence-corrected chi connectivity index (χ4v) is 11.5. The van der Waals surface area contributed by atoms with Gasteiger partial charge in [-0.3, -0.25) is 14.4 Å². The van der Waals surface area contributed by atoms with Gasteiger partial charge in [-0.1, -0.05) is 373 Å². The number of esters is 3. The Morgan fingerprint density at radius 1 is 0.237 bits per heavy atom. The van der Waals surface area contributed by atoms with Gasteiger partial charge in [-0.15, -0.1) is 0 Å². The lowest BCUT2D eigenvalue weighted by atomic mass is 10.0. The zero-order valence-electron chi connectivity index (χ0n) is 54.6. The molecular weight excluding hydrogens is 985 g/mol. The molecule has 0 radical (unpaired) electrons. The quantitative estimate of drug-likeness (QED) is 0.0261. The van der Waals surface area contributed by atoms with Crippen LogP contribution in [0.15, 0.2) is 12.2 Å². The fourth-order valence-electron chi connectivity index (χ4n) is 11.5. The van der Waals surface area contributed by atoms with Gasteiger partial charge in [0.25, 0.3) is 0 Å². The van der Waals surface area contributed by atoms with Gasteiger partial charge in [-0.2, -0.15) is 0 Å². The molecule has 1 atom stereocenters. The molecule has 80 heavy (non-hydrogen) atoms. The summed E-state index contributed by atoms with van der Waals surface area (Å²) in [5.74, 6) is -0.830. The van der Waals surface area contributed by atoms with E-state index in [1.54, 1.807) is 0 Å². The van der Waals surface area contributed by atoms with Crippen molar-refractivity contribution in [1.82, 2.24) is 0 Å². The number of carbonyl (C=O) groups excluding carboxylic acids is 3. The van der Waals surface area contributed by atoms with Gasteiger partial charge in [-0.25, -0.2) is 0 Å². The van der Waals surface area contributed by atoms with Crippen molar-refractivity contribution in [1.29, 1.82) is 0 Å². The number of ether oxygens (including phenoxy) is 3. The Balaban J connectivity index is 4.05. The standard InChI is InChI=1S/C74H142O6/c1-4-7-10-13-16-19-21-23-25-27-29-31-33-35-36-37-38-39-41-42-44-46-48-50-52-55-58-61-64-67-73(76)79-70-71(69-78-72(75)66-63-60-57-54-18-15-12-9-6-3)80-74(77)68-65-62-59-56-53-51-49-47-45-43-40-34-32-30-28-26-24-22-20-17-14-11-8-5-2/h27,29,71H,4-26,28,30-70H2,1-3H3/b29-27-. The lowest BCUT2D eigenvalue weighted by molar-refractivity contribution is -0.167. The maximum Gasteiger partial charge on any atom is 0.306 e. The third-order valence-electron chi connectivity index (χ3n) is 17.0. The van der Waals surface area contributed by atoms with Crippen molar-refractivity contribution in [3.05, 3.63) is 12.2 Å². The van der Waals surface area contributed by atoms with E-state index in [0.717, 1.165) is 57.8 Å². The molecule has 474 valence electrons. The van der Waals surface area contributed by atoms with E-state index in [9.17, 15) is 14.4 Å². The summed E-state index contributed by atoms with van der Waals surface area (Å²) in [6.45, 7) is 6.71. The molecule has 0 aliphatic carbocycles. The van der Waals surface area contributed by atoms with Crippen molar-refractivity contribution in [2.45, 2.75) is 431 Å². The molecule has 0 aromatic rings. The second kappa shape index (κ2) is 69.6. The highest BCUT2D eigenvalue weighted by Crippen LogP contribution is 2.19. The minimum atomic E-state index is -0.764. The Morgan fingerprint density at radius 3 is 0.625 bits per heavy atom. The normalized spacial score (nSPS) is 12.0. The minimum Gasteiger partial charge on any atom is -0.462 e. The van der Waals surface area contributed by atoms with Gasteiger partial charge in [0, 0.05) is 19.3 Å². The first-order valence-electron chi connectivity index (χ1n) is 36.7. The highest BCUT2D eigenvalue weighted by molar-refractivity contribution is 5.71. The van der Waals surface area contributed by atoms with Gasteiger partial charge in [0.2, 0.25) is 0 Å². The van der Waals surface area contributed by atoms with Crippen molar-refractivity contribution in [2.24, 2.45) is 0 Å². The molecule has 1 unspecified atom stereocenters. The smallest absolute Gasteiger partial charge is 0.306 e. The first-order chi connectivity index (χ1) is 39.5. The van der Waals surface area contributed by atoms with E-state index < -0.39 is 6.10 Å². The van der Waals surface area contributed by atoms with Gasteiger partial charge in [-0.05, 0) is 44.9 Å². The molecule has 0 heterocycles. The van der Waals surface area contributed by atoms with E-state index in [1.165, 1.54) is 327 Å². The van der Waals surface area contributed by atoms with Gasteiger partial charge in [0.1, 0.15) is 13.2 Å². The van der Waals surface area contributed by atoms with Crippen molar-refractivity contribution in [3.63, 3.8) is 0 Å². The van der Waals surface area contributed by atoms with Crippen LogP contribution in [-0.4, -0.2) is 37.2 Å². The molecule has 6 heteroatoms. The summed E-state index contributed by atoms with van der Waals surface area (Å²) in [6.07, 6.45) is 84.2. The molecule has 0 rings (SSSR count). The van der Waals surface area contributed by atoms with Crippen LogP contribution in [0.4, 0.5) is 0 Å². The highest BCUT2D eigenvalue weighted by atomic mass is 16.6. The summed E-state index contributed by atoms with van der Waals surface area (Å²) in [4.78, 5) is 38.3. The minimum absolute atomic E-state index is 0.0624. The second-order valence-electron chi connectivity index (χ2n) is 25.2. The van der Waals surface area contributed by atoms with E-state index in [2.05, 4.69) is 32.9 Å². The summed E-state index contributed by atoms with van der Waals surface area (Å²) in [5.41, 5.74) is 0. The van der Waals surface area contributed by atoms with E-state index in [-0.39, 0.29) is 31.1 Å². The number of hydrogen-bond donors (Lipinski definition) is 0. The van der Waals surface area contributed by atoms with Gasteiger partial charge < -0.3 is 14.2 Å². The highest BCUT2D eigenvalue weighted by Gasteiger charge is 2.20. The van der Waals surface area contributed by atoms with E-state index >= 15 is 0 Å². The maximum atomic E-state index is 12.9. The Morgan fingerprint density at radius 2 is 0.412 bits per heavy atom. The van der Waals surface area contributed by atoms with E-state index in [0.29, 0.717) is 19.3 Å². The van der Waals surface area contributed by atoms with Crippen LogP contribution in [0.3, 0.4) is 0 Å². The first-order valence-corrected chi connectivity index (χ1v) is 36.7. The number of rotatable bonds is 69. The van der Waals surface area contributed by atoms with Crippen molar-refractivity contribution < 1.29 is 28.6 Å². The first kappa shape index (κ1) is 78.1. The number of allylic oxidation sites excluding steroid dienone is 2. The zero-order valence-corrected chi connectivity index (χ0v) is 54.6. The van der Waals surface area contributed by atoms with Gasteiger partial charge >= 0.3 is 17.9 Å². The van der Waals surface area contributed by atoms with Crippen molar-refractivity contribution in [3.8, 4) is 0 Å². The maximum absolute atomic E-state index is 12.9. The van der Waals surface area contributed by atoms with Gasteiger partial charge in [0.15, 0.2) is 6.10 Å². The Kier molecular flexibility index (Phi) is 68.0. The molecule has 0 amide bonds. The van der Waals surface area contributed by atoms with Crippen LogP contribution >= 0.6 is 0 Å². The topological polar surface area (TPSA) is 78.9 Å². The molecule has 6 nitrogen and oxygen atoms in total. The molecule has 0 saturated heterocycles. The molecule has 0 N–H and O–H groups in total. The molecule has 0 aliphatic heterocycles. The van der Waals surface area contributed by atoms with Crippen LogP contribution in [0.1, 0.15) is 425 Å². The number of carbonyl (C=O) groups is 3. The Labute approximate surface area is 501 Å². The summed E-state index contributed by atoms with van der Waals surface area (Å²) in [7, 11) is 0. The molecule has 0 bridgehead atoms. The molecule has 0 spiro atoms. The number of hydrogen-bond acceptors (Lipinski definition) is 6. The summed E-state index contributed by atoms with van der Waals surface area (Å²) >= 11 is 0. The third kappa shape index (κ3) is 66.9. The fraction of sp³-hybridized carbons (Fsp3) is 0.932. The van der Waals surface area contributed by atoms with Crippen LogP contribution in [0.5, 0.6) is 0 Å². The van der Waals surface area contributed by atoms with Crippen LogP contribution < -0.4 is 0 Å². The summed E-state index contributed by atoms with van der Waals surface area (Å²) in [5, 5.41) is 0. The second-order valence-corrected chi connectivity index (χ2v) is 25.2. The molecule has 0 aromatic carbocycles. The lowest BCUT2D eigenvalue weighted by Crippen LogP contribution is -2.30. The van der Waals surface area contributed by atoms with Crippen LogP contribution in [-0.2, 0) is 28.6 Å². The lowest BCUT2D eigenvalue weighted by Gasteiger charge is -2.18. The predicted octanol–water partition coefficient (Wildman–Crippen LogP) is 25.2. The monoisotopic (exact) mass is 1130 g/mol. The SMILES string of the molecule is CCCCCCCCCC/C=C\CCCCCCCCCCCCCCCCCCCC(=O)OCC(COC(=O)CCCCCCCCCCC)OC(=O)CCCCCCCCCCCCCCCCCCCCCCCCCC. The van der Waals surface area contributed by atoms with Crippen LogP contribution in [0, 0.1) is 0 Å². The Bertz CT molecular complexity index is 1250. The van der Waals surface area contributed by atoms with Crippen molar-refractivity contribution in [2.75, 3.05) is 13.2 Å². The molecule has 0 fully saturated rings. The number of unbranched alkanes of at least 4 members (excludes halogenated alkanes) is 56. The summed E-state index contributed by atoms with van der Waals surface area (Å²) in [6, 6.07) is 0. The van der Waals surface area contributed by atoms with Crippen molar-refractivity contribution >= 4 is 17.9 Å². The molecular formula is C74H142O6. The summed E-state index contributed by atoms with van der Waals surface area (Å²) < 4.78 is 17.0.